The quantitative estimate of drug-likeness (QED) is 0.321. The van der Waals surface area contributed by atoms with Gasteiger partial charge in [-0.15, -0.1) is 0 Å². The number of benzene rings is 3. The van der Waals surface area contributed by atoms with Crippen molar-refractivity contribution in [3.63, 3.8) is 0 Å². The number of carbonyl (C=O) groups excluding carboxylic acids is 1. The Morgan fingerprint density at radius 2 is 1.79 bits per heavy atom. The van der Waals surface area contributed by atoms with Gasteiger partial charge in [-0.25, -0.2) is 0 Å². The van der Waals surface area contributed by atoms with E-state index >= 15 is 0 Å². The van der Waals surface area contributed by atoms with E-state index in [4.69, 9.17) is 21.1 Å². The lowest BCUT2D eigenvalue weighted by atomic mass is 9.91. The van der Waals surface area contributed by atoms with Crippen molar-refractivity contribution in [3.05, 3.63) is 99.6 Å². The molecule has 0 aromatic heterocycles. The van der Waals surface area contributed by atoms with Gasteiger partial charge < -0.3 is 19.5 Å². The number of aryl methyl sites for hydroxylation is 1. The third-order valence-electron chi connectivity index (χ3n) is 7.83. The predicted molar refractivity (Wildman–Crippen MR) is 155 cm³/mol. The van der Waals surface area contributed by atoms with E-state index < -0.39 is 6.10 Å². The van der Waals surface area contributed by atoms with Crippen LogP contribution in [0.5, 0.6) is 5.75 Å². The van der Waals surface area contributed by atoms with Crippen molar-refractivity contribution >= 4 is 17.5 Å². The second-order valence-corrected chi connectivity index (χ2v) is 11.1. The van der Waals surface area contributed by atoms with Gasteiger partial charge in [0.1, 0.15) is 5.75 Å². The van der Waals surface area contributed by atoms with Crippen LogP contribution < -0.4 is 4.74 Å². The first-order chi connectivity index (χ1) is 19.0. The van der Waals surface area contributed by atoms with Crippen LogP contribution in [0.2, 0.25) is 5.02 Å². The summed E-state index contributed by atoms with van der Waals surface area (Å²) in [7, 11) is 0. The number of carbonyl (C=O) groups is 1. The average molecular weight is 548 g/mol. The van der Waals surface area contributed by atoms with Crippen LogP contribution in [0.25, 0.3) is 0 Å². The molecule has 0 radical (unpaired) electrons. The molecule has 5 rings (SSSR count). The van der Waals surface area contributed by atoms with E-state index in [0.29, 0.717) is 25.9 Å². The summed E-state index contributed by atoms with van der Waals surface area (Å²) in [5, 5.41) is 11.5. The van der Waals surface area contributed by atoms with Gasteiger partial charge in [0.25, 0.3) is 5.91 Å². The van der Waals surface area contributed by atoms with Crippen LogP contribution >= 0.6 is 11.6 Å². The van der Waals surface area contributed by atoms with Gasteiger partial charge in [0, 0.05) is 30.1 Å². The van der Waals surface area contributed by atoms with E-state index in [0.717, 1.165) is 77.4 Å². The van der Waals surface area contributed by atoms with Crippen molar-refractivity contribution in [2.45, 2.75) is 70.2 Å². The largest absolute Gasteiger partial charge is 0.494 e. The van der Waals surface area contributed by atoms with Crippen LogP contribution in [0.1, 0.15) is 77.7 Å². The van der Waals surface area contributed by atoms with Crippen LogP contribution in [-0.4, -0.2) is 47.8 Å². The second-order valence-electron chi connectivity index (χ2n) is 10.7. The summed E-state index contributed by atoms with van der Waals surface area (Å²) in [6.07, 6.45) is 4.81. The Hall–Kier alpha value is -2.86. The minimum Gasteiger partial charge on any atom is -0.494 e. The molecule has 3 aromatic carbocycles. The number of aliphatic hydroxyl groups is 1. The van der Waals surface area contributed by atoms with E-state index in [-0.39, 0.29) is 18.1 Å². The van der Waals surface area contributed by atoms with Gasteiger partial charge in [-0.2, -0.15) is 0 Å². The summed E-state index contributed by atoms with van der Waals surface area (Å²) in [4.78, 5) is 15.0. The van der Waals surface area contributed by atoms with Crippen LogP contribution in [0.4, 0.5) is 0 Å². The lowest BCUT2D eigenvalue weighted by Crippen LogP contribution is -2.32. The molecular formula is C33H38ClNO4. The molecule has 0 bridgehead atoms. The van der Waals surface area contributed by atoms with E-state index in [1.54, 1.807) is 0 Å². The summed E-state index contributed by atoms with van der Waals surface area (Å²) in [6, 6.07) is 22.1. The van der Waals surface area contributed by atoms with Crippen molar-refractivity contribution in [1.82, 2.24) is 4.90 Å². The zero-order valence-corrected chi connectivity index (χ0v) is 23.4. The third-order valence-corrected chi connectivity index (χ3v) is 8.19. The van der Waals surface area contributed by atoms with Crippen molar-refractivity contribution < 1.29 is 19.4 Å². The predicted octanol–water partition coefficient (Wildman–Crippen LogP) is 6.78. The molecule has 5 nitrogen and oxygen atoms in total. The Bertz CT molecular complexity index is 1250. The van der Waals surface area contributed by atoms with E-state index in [1.165, 1.54) is 0 Å². The standard InChI is InChI=1S/C33H38ClNO4/c1-2-38-28-13-9-23(10-14-28)19-26-20-25(12-16-31(26)34)32-22-27(36)21-29(39-32)15-11-24-7-3-4-8-30(24)33(37)35-17-5-6-18-35/h3-4,7-10,12-14,16,20,27,29,32,36H,2,5-6,11,15,17-19,21-22H2,1H3/t27?,29-,32-/m1/s1. The molecule has 0 saturated carbocycles. The first-order valence-corrected chi connectivity index (χ1v) is 14.6. The Morgan fingerprint density at radius 3 is 2.56 bits per heavy atom. The summed E-state index contributed by atoms with van der Waals surface area (Å²) >= 11 is 6.58. The maximum absolute atomic E-state index is 13.1. The summed E-state index contributed by atoms with van der Waals surface area (Å²) < 4.78 is 12.1. The zero-order chi connectivity index (χ0) is 27.2. The molecule has 1 unspecified atom stereocenters. The summed E-state index contributed by atoms with van der Waals surface area (Å²) in [6.45, 7) is 4.30. The minimum absolute atomic E-state index is 0.0843. The first kappa shape index (κ1) is 27.7. The molecule has 1 amide bonds. The van der Waals surface area contributed by atoms with Crippen molar-refractivity contribution in [1.29, 1.82) is 0 Å². The molecule has 0 aliphatic carbocycles. The van der Waals surface area contributed by atoms with Crippen molar-refractivity contribution in [2.75, 3.05) is 19.7 Å². The zero-order valence-electron chi connectivity index (χ0n) is 22.7. The highest BCUT2D eigenvalue weighted by molar-refractivity contribution is 6.31. The molecule has 2 saturated heterocycles. The number of amides is 1. The number of rotatable bonds is 9. The molecule has 0 spiro atoms. The minimum atomic E-state index is -0.430. The van der Waals surface area contributed by atoms with Crippen molar-refractivity contribution in [3.8, 4) is 5.75 Å². The van der Waals surface area contributed by atoms with E-state index in [9.17, 15) is 9.90 Å². The topological polar surface area (TPSA) is 59.0 Å². The van der Waals surface area contributed by atoms with Crippen LogP contribution in [0.3, 0.4) is 0 Å². The fraction of sp³-hybridized carbons (Fsp3) is 0.424. The second kappa shape index (κ2) is 13.0. The molecule has 2 aliphatic heterocycles. The van der Waals surface area contributed by atoms with Gasteiger partial charge in [-0.05, 0) is 92.0 Å². The number of halogens is 1. The number of hydrogen-bond acceptors (Lipinski definition) is 4. The molecular weight excluding hydrogens is 510 g/mol. The molecule has 6 heteroatoms. The Labute approximate surface area is 236 Å². The Kier molecular flexibility index (Phi) is 9.23. The highest BCUT2D eigenvalue weighted by atomic mass is 35.5. The van der Waals surface area contributed by atoms with Gasteiger partial charge in [-0.3, -0.25) is 4.79 Å². The number of hydrogen-bond donors (Lipinski definition) is 1. The van der Waals surface area contributed by atoms with Crippen LogP contribution in [0, 0.1) is 0 Å². The van der Waals surface area contributed by atoms with Gasteiger partial charge >= 0.3 is 0 Å². The molecule has 39 heavy (non-hydrogen) atoms. The Morgan fingerprint density at radius 1 is 1.03 bits per heavy atom. The summed E-state index contributed by atoms with van der Waals surface area (Å²) in [5.74, 6) is 0.992. The molecule has 2 aliphatic rings. The van der Waals surface area contributed by atoms with Crippen LogP contribution in [-0.2, 0) is 17.6 Å². The molecule has 1 N–H and O–H groups in total. The fourth-order valence-corrected chi connectivity index (χ4v) is 5.95. The van der Waals surface area contributed by atoms with E-state index in [2.05, 4.69) is 18.2 Å². The molecule has 206 valence electrons. The first-order valence-electron chi connectivity index (χ1n) is 14.2. The Balaban J connectivity index is 1.25. The maximum atomic E-state index is 13.1. The van der Waals surface area contributed by atoms with Gasteiger partial charge in [0.2, 0.25) is 0 Å². The highest BCUT2D eigenvalue weighted by Crippen LogP contribution is 2.35. The van der Waals surface area contributed by atoms with Gasteiger partial charge in [0.05, 0.1) is 24.9 Å². The number of aliphatic hydroxyl groups excluding tert-OH is 1. The van der Waals surface area contributed by atoms with E-state index in [1.807, 2.05) is 60.4 Å². The number of likely N-dealkylation sites (tertiary alicyclic amines) is 1. The lowest BCUT2D eigenvalue weighted by molar-refractivity contribution is -0.0998. The molecule has 2 heterocycles. The average Bonchev–Trinajstić information content (AvgIpc) is 3.49. The van der Waals surface area contributed by atoms with Gasteiger partial charge in [-0.1, -0.05) is 54.1 Å². The molecule has 2 fully saturated rings. The third kappa shape index (κ3) is 7.02. The smallest absolute Gasteiger partial charge is 0.254 e. The molecule has 3 aromatic rings. The fourth-order valence-electron chi connectivity index (χ4n) is 5.77. The normalized spacial score (nSPS) is 21.2. The summed E-state index contributed by atoms with van der Waals surface area (Å²) in [5.41, 5.74) is 5.08. The molecule has 3 atom stereocenters. The maximum Gasteiger partial charge on any atom is 0.254 e. The lowest BCUT2D eigenvalue weighted by Gasteiger charge is -2.34. The monoisotopic (exact) mass is 547 g/mol. The highest BCUT2D eigenvalue weighted by Gasteiger charge is 2.30. The number of ether oxygens (including phenoxy) is 2. The number of nitrogens with zero attached hydrogens (tertiary/aromatic N) is 1. The van der Waals surface area contributed by atoms with Crippen LogP contribution in [0.15, 0.2) is 66.7 Å². The van der Waals surface area contributed by atoms with Crippen molar-refractivity contribution in [2.24, 2.45) is 0 Å². The SMILES string of the molecule is CCOc1ccc(Cc2cc([C@H]3CC(O)C[C@@H](CCc4ccccc4C(=O)N4CCCC4)O3)ccc2Cl)cc1. The van der Waals surface area contributed by atoms with Gasteiger partial charge in [0.15, 0.2) is 0 Å².